The molecule has 1 N–H and O–H groups in total. The van der Waals surface area contributed by atoms with E-state index in [1.807, 2.05) is 69.8 Å². The van der Waals surface area contributed by atoms with E-state index in [-0.39, 0.29) is 36.7 Å². The van der Waals surface area contributed by atoms with E-state index in [0.29, 0.717) is 12.8 Å². The molecule has 0 spiro atoms. The van der Waals surface area contributed by atoms with Crippen molar-refractivity contribution in [2.75, 3.05) is 41.0 Å². The van der Waals surface area contributed by atoms with Gasteiger partial charge in [-0.1, -0.05) is 137 Å². The van der Waals surface area contributed by atoms with Crippen LogP contribution in [0.4, 0.5) is 0 Å². The maximum absolute atomic E-state index is 12.5. The van der Waals surface area contributed by atoms with Crippen molar-refractivity contribution in [1.29, 1.82) is 0 Å². The maximum atomic E-state index is 12.5. The number of allylic oxidation sites excluding steroid dienone is 15. The number of ether oxygens (including phenoxy) is 3. The number of esters is 2. The van der Waals surface area contributed by atoms with Gasteiger partial charge in [-0.25, -0.2) is 4.79 Å². The molecule has 286 valence electrons. The topological polar surface area (TPSA) is 99.1 Å². The van der Waals surface area contributed by atoms with Crippen molar-refractivity contribution in [1.82, 2.24) is 0 Å². The minimum Gasteiger partial charge on any atom is -0.477 e. The van der Waals surface area contributed by atoms with Crippen molar-refractivity contribution >= 4 is 17.9 Å². The number of hydrogen-bond acceptors (Lipinski definition) is 6. The van der Waals surface area contributed by atoms with Gasteiger partial charge in [-0.2, -0.15) is 0 Å². The first-order valence-corrected chi connectivity index (χ1v) is 18.8. The van der Waals surface area contributed by atoms with Crippen LogP contribution < -0.4 is 0 Å². The molecule has 0 bridgehead atoms. The Labute approximate surface area is 309 Å². The highest BCUT2D eigenvalue weighted by Gasteiger charge is 2.31. The molecular weight excluding hydrogens is 642 g/mol. The molecule has 0 heterocycles. The van der Waals surface area contributed by atoms with Gasteiger partial charge in [0.05, 0.1) is 40.8 Å². The lowest BCUT2D eigenvalue weighted by atomic mass is 10.1. The summed E-state index contributed by atoms with van der Waals surface area (Å²) in [6, 6.07) is -0.636. The number of quaternary nitrogens is 1. The van der Waals surface area contributed by atoms with Crippen LogP contribution in [-0.2, 0) is 28.6 Å². The second kappa shape index (κ2) is 33.4. The number of rotatable bonds is 31. The van der Waals surface area contributed by atoms with E-state index in [9.17, 15) is 19.5 Å². The van der Waals surface area contributed by atoms with Crippen molar-refractivity contribution in [2.45, 2.75) is 116 Å². The highest BCUT2D eigenvalue weighted by molar-refractivity contribution is 5.72. The first kappa shape index (κ1) is 47.2. The number of aliphatic carboxylic acids is 1. The smallest absolute Gasteiger partial charge is 0.362 e. The summed E-state index contributed by atoms with van der Waals surface area (Å²) < 4.78 is 17.0. The number of carbonyl (C=O) groups excluding carboxylic acids is 2. The zero-order valence-electron chi connectivity index (χ0n) is 32.3. The lowest BCUT2D eigenvalue weighted by Crippen LogP contribution is -2.50. The Morgan fingerprint density at radius 1 is 0.647 bits per heavy atom. The Morgan fingerprint density at radius 2 is 1.22 bits per heavy atom. The van der Waals surface area contributed by atoms with Gasteiger partial charge in [-0.3, -0.25) is 9.59 Å². The maximum Gasteiger partial charge on any atom is 0.362 e. The molecule has 0 aromatic rings. The molecule has 2 unspecified atom stereocenters. The molecule has 51 heavy (non-hydrogen) atoms. The second-order valence-corrected chi connectivity index (χ2v) is 13.2. The van der Waals surface area contributed by atoms with Crippen LogP contribution in [0.5, 0.6) is 0 Å². The zero-order valence-corrected chi connectivity index (χ0v) is 32.3. The largest absolute Gasteiger partial charge is 0.477 e. The summed E-state index contributed by atoms with van der Waals surface area (Å²) in [4.78, 5) is 36.6. The summed E-state index contributed by atoms with van der Waals surface area (Å²) in [5.74, 6) is -1.67. The molecule has 0 radical (unpaired) electrons. The molecule has 0 aromatic carbocycles. The fourth-order valence-corrected chi connectivity index (χ4v) is 4.71. The van der Waals surface area contributed by atoms with Gasteiger partial charge in [0, 0.05) is 12.8 Å². The van der Waals surface area contributed by atoms with E-state index in [1.54, 1.807) is 6.08 Å². The summed E-state index contributed by atoms with van der Waals surface area (Å²) in [6.45, 7) is 4.34. The van der Waals surface area contributed by atoms with E-state index in [2.05, 4.69) is 56.4 Å². The quantitative estimate of drug-likeness (QED) is 0.0252. The van der Waals surface area contributed by atoms with Gasteiger partial charge in [0.2, 0.25) is 0 Å². The first-order chi connectivity index (χ1) is 24.6. The fourth-order valence-electron chi connectivity index (χ4n) is 4.71. The van der Waals surface area contributed by atoms with Crippen LogP contribution >= 0.6 is 0 Å². The predicted octanol–water partition coefficient (Wildman–Crippen LogP) is 9.57. The van der Waals surface area contributed by atoms with Crippen LogP contribution in [0, 0.1) is 0 Å². The van der Waals surface area contributed by atoms with E-state index < -0.39 is 24.1 Å². The Hall–Kier alpha value is -3.75. The number of carbonyl (C=O) groups is 3. The monoisotopic (exact) mass is 710 g/mol. The van der Waals surface area contributed by atoms with E-state index in [0.717, 1.165) is 64.2 Å². The SMILES string of the molecule is CC/C=C/C/C=C/C/C=C/CC(=O)OC(COCCC(C(=O)O)[N+](C)(C)C)COC(=O)CCCCCCC/C=C/C=C/C=C/C=C/C=C/CCC. The molecule has 0 aliphatic heterocycles. The minimum atomic E-state index is -0.898. The highest BCUT2D eigenvalue weighted by atomic mass is 16.6. The van der Waals surface area contributed by atoms with Crippen molar-refractivity contribution in [3.8, 4) is 0 Å². The third-order valence-electron chi connectivity index (χ3n) is 7.61. The average molecular weight is 711 g/mol. The van der Waals surface area contributed by atoms with Crippen LogP contribution in [-0.4, -0.2) is 80.6 Å². The van der Waals surface area contributed by atoms with Gasteiger partial charge in [0.15, 0.2) is 12.1 Å². The van der Waals surface area contributed by atoms with Gasteiger partial charge in [-0.15, -0.1) is 0 Å². The molecule has 2 atom stereocenters. The van der Waals surface area contributed by atoms with E-state index in [4.69, 9.17) is 14.2 Å². The van der Waals surface area contributed by atoms with Gasteiger partial charge in [0.1, 0.15) is 6.61 Å². The van der Waals surface area contributed by atoms with Gasteiger partial charge >= 0.3 is 17.9 Å². The number of carboxylic acids is 1. The van der Waals surface area contributed by atoms with Crippen LogP contribution in [0.1, 0.15) is 104 Å². The third-order valence-corrected chi connectivity index (χ3v) is 7.61. The highest BCUT2D eigenvalue weighted by Crippen LogP contribution is 2.11. The Kier molecular flexibility index (Phi) is 30.9. The Morgan fingerprint density at radius 3 is 1.82 bits per heavy atom. The standard InChI is InChI=1S/C43H67NO7/c1-6-8-10-12-14-16-17-18-19-20-21-22-23-24-26-27-29-31-33-41(45)50-38-39(37-49-36-35-40(43(47)48)44(3,4)5)51-42(46)34-32-30-28-25-15-13-11-9-7-2/h9-12,14-22,25,30,32,39-40H,6-8,13,23-24,26-29,31,33-38H2,1-5H3/p+1/b11-9+,12-10+,16-14+,18-17+,20-19+,22-21+,25-15+,32-30+. The summed E-state index contributed by atoms with van der Waals surface area (Å²) in [6.07, 6.45) is 43.5. The van der Waals surface area contributed by atoms with Crippen LogP contribution in [0.15, 0.2) is 97.2 Å². The average Bonchev–Trinajstić information content (AvgIpc) is 3.08. The Balaban J connectivity index is 4.52. The van der Waals surface area contributed by atoms with Gasteiger partial charge in [-0.05, 0) is 44.9 Å². The second-order valence-electron chi connectivity index (χ2n) is 13.2. The van der Waals surface area contributed by atoms with E-state index >= 15 is 0 Å². The van der Waals surface area contributed by atoms with Crippen LogP contribution in [0.2, 0.25) is 0 Å². The number of hydrogen-bond donors (Lipinski definition) is 1. The molecule has 0 aromatic heterocycles. The summed E-state index contributed by atoms with van der Waals surface area (Å²) in [5, 5.41) is 9.57. The molecule has 0 saturated carbocycles. The number of nitrogens with zero attached hydrogens (tertiary/aromatic N) is 1. The number of carboxylic acid groups (broad SMARTS) is 1. The zero-order chi connectivity index (χ0) is 37.8. The van der Waals surface area contributed by atoms with Crippen LogP contribution in [0.3, 0.4) is 0 Å². The summed E-state index contributed by atoms with van der Waals surface area (Å²) >= 11 is 0. The fraction of sp³-hybridized carbons (Fsp3) is 0.558. The molecule has 0 aliphatic rings. The molecule has 8 heteroatoms. The molecule has 8 nitrogen and oxygen atoms in total. The lowest BCUT2D eigenvalue weighted by Gasteiger charge is -2.31. The predicted molar refractivity (Wildman–Crippen MR) is 210 cm³/mol. The summed E-state index contributed by atoms with van der Waals surface area (Å²) in [5.41, 5.74) is 0. The minimum absolute atomic E-state index is 0.00945. The van der Waals surface area contributed by atoms with Crippen molar-refractivity contribution < 1.29 is 38.2 Å². The molecule has 0 rings (SSSR count). The first-order valence-electron chi connectivity index (χ1n) is 18.8. The normalized spacial score (nSPS) is 14.1. The van der Waals surface area contributed by atoms with Gasteiger partial charge < -0.3 is 23.8 Å². The van der Waals surface area contributed by atoms with Gasteiger partial charge in [0.25, 0.3) is 0 Å². The molecule has 0 amide bonds. The third kappa shape index (κ3) is 31.9. The van der Waals surface area contributed by atoms with Crippen LogP contribution in [0.25, 0.3) is 0 Å². The molecule has 0 aliphatic carbocycles. The number of likely N-dealkylation sites (N-methyl/N-ethyl adjacent to an activating group) is 1. The number of unbranched alkanes of at least 4 members (excludes halogenated alkanes) is 6. The summed E-state index contributed by atoms with van der Waals surface area (Å²) in [7, 11) is 5.46. The van der Waals surface area contributed by atoms with Crippen molar-refractivity contribution in [2.24, 2.45) is 0 Å². The van der Waals surface area contributed by atoms with Crippen molar-refractivity contribution in [3.63, 3.8) is 0 Å². The molecule has 0 saturated heterocycles. The lowest BCUT2D eigenvalue weighted by molar-refractivity contribution is -0.887. The van der Waals surface area contributed by atoms with Crippen molar-refractivity contribution in [3.05, 3.63) is 97.2 Å². The Bertz CT molecular complexity index is 1150. The molecule has 0 fully saturated rings. The van der Waals surface area contributed by atoms with E-state index in [1.165, 1.54) is 6.42 Å². The molecular formula is C43H68NO7+.